The number of nitrogens with one attached hydrogen (secondary N) is 1. The van der Waals surface area contributed by atoms with Crippen molar-refractivity contribution < 1.29 is 34.3 Å². The van der Waals surface area contributed by atoms with E-state index in [1.807, 2.05) is 0 Å². The lowest BCUT2D eigenvalue weighted by molar-refractivity contribution is -0.385. The van der Waals surface area contributed by atoms with Gasteiger partial charge in [0.2, 0.25) is 0 Å². The van der Waals surface area contributed by atoms with E-state index in [1.54, 1.807) is 5.09 Å². The van der Waals surface area contributed by atoms with Gasteiger partial charge in [0.05, 0.1) is 4.92 Å². The zero-order chi connectivity index (χ0) is 15.5. The van der Waals surface area contributed by atoms with Crippen LogP contribution in [-0.4, -0.2) is 36.9 Å². The summed E-state index contributed by atoms with van der Waals surface area (Å²) in [5.41, 5.74) is -0.495. The van der Waals surface area contributed by atoms with Gasteiger partial charge in [-0.1, -0.05) is 6.07 Å². The summed E-state index contributed by atoms with van der Waals surface area (Å²) in [6.07, 6.45) is -0.401. The lowest BCUT2D eigenvalue weighted by atomic mass is 10.1. The van der Waals surface area contributed by atoms with Gasteiger partial charge in [-0.3, -0.25) is 14.9 Å². The average Bonchev–Trinajstić information content (AvgIpc) is 2.28. The van der Waals surface area contributed by atoms with E-state index in [0.717, 1.165) is 12.1 Å². The van der Waals surface area contributed by atoms with Gasteiger partial charge in [0.15, 0.2) is 5.75 Å². The highest BCUT2D eigenvalue weighted by molar-refractivity contribution is 7.49. The second kappa shape index (κ2) is 5.97. The molecule has 0 unspecified atom stereocenters. The van der Waals surface area contributed by atoms with Crippen LogP contribution in [0.2, 0.25) is 0 Å². The van der Waals surface area contributed by atoms with Gasteiger partial charge in [0.25, 0.3) is 0 Å². The van der Waals surface area contributed by atoms with E-state index < -0.39 is 42.5 Å². The third-order valence-electron chi connectivity index (χ3n) is 2.30. The number of carboxylic acid groups (broad SMARTS) is 1. The molecule has 0 amide bonds. The van der Waals surface area contributed by atoms with Gasteiger partial charge in [-0.05, 0) is 18.1 Å². The molecule has 0 aromatic heterocycles. The van der Waals surface area contributed by atoms with E-state index in [4.69, 9.17) is 14.9 Å². The summed E-state index contributed by atoms with van der Waals surface area (Å²) in [4.78, 5) is 38.0. The van der Waals surface area contributed by atoms with Crippen LogP contribution in [0.1, 0.15) is 5.56 Å². The van der Waals surface area contributed by atoms with E-state index in [2.05, 4.69) is 0 Å². The molecule has 1 rings (SSSR count). The predicted molar refractivity (Wildman–Crippen MR) is 65.1 cm³/mol. The number of nitrogens with zero attached hydrogens (tertiary/aromatic N) is 1. The van der Waals surface area contributed by atoms with Crippen molar-refractivity contribution >= 4 is 19.4 Å². The molecule has 1 atom stereocenters. The van der Waals surface area contributed by atoms with Crippen LogP contribution in [0, 0.1) is 10.1 Å². The average molecular weight is 306 g/mol. The van der Waals surface area contributed by atoms with Crippen LogP contribution in [-0.2, 0) is 15.8 Å². The van der Waals surface area contributed by atoms with E-state index in [-0.39, 0.29) is 5.56 Å². The molecule has 0 radical (unpaired) electrons. The maximum absolute atomic E-state index is 10.9. The maximum Gasteiger partial charge on any atom is 0.401 e. The molecule has 1 aromatic rings. The third-order valence-corrected chi connectivity index (χ3v) is 2.95. The van der Waals surface area contributed by atoms with Crippen LogP contribution in [0.25, 0.3) is 0 Å². The van der Waals surface area contributed by atoms with Gasteiger partial charge in [0.1, 0.15) is 6.04 Å². The summed E-state index contributed by atoms with van der Waals surface area (Å²) in [6.45, 7) is 0. The molecule has 20 heavy (non-hydrogen) atoms. The molecule has 0 aliphatic carbocycles. The Kier molecular flexibility index (Phi) is 4.79. The Balaban J connectivity index is 3.00. The number of phenols is 1. The molecule has 0 heterocycles. The Hall–Kier alpha value is -2.00. The van der Waals surface area contributed by atoms with Gasteiger partial charge in [-0.25, -0.2) is 9.65 Å². The quantitative estimate of drug-likeness (QED) is 0.275. The Morgan fingerprint density at radius 1 is 1.45 bits per heavy atom. The van der Waals surface area contributed by atoms with Gasteiger partial charge in [-0.2, -0.15) is 0 Å². The Morgan fingerprint density at radius 2 is 2.05 bits per heavy atom. The second-order valence-electron chi connectivity index (χ2n) is 3.85. The number of benzene rings is 1. The van der Waals surface area contributed by atoms with Crippen LogP contribution in [0.15, 0.2) is 18.2 Å². The second-order valence-corrected chi connectivity index (χ2v) is 5.19. The maximum atomic E-state index is 10.9. The van der Waals surface area contributed by atoms with Crippen molar-refractivity contribution in [1.82, 2.24) is 5.09 Å². The predicted octanol–water partition coefficient (Wildman–Crippen LogP) is -0.0216. The van der Waals surface area contributed by atoms with Crippen molar-refractivity contribution in [1.29, 1.82) is 0 Å². The SMILES string of the molecule is O=C(O)[C@H](Cc1ccc(O)c([N+](=O)[O-])c1)NP(=O)(O)O. The Morgan fingerprint density at radius 3 is 2.50 bits per heavy atom. The fourth-order valence-electron chi connectivity index (χ4n) is 1.47. The van der Waals surface area contributed by atoms with Crippen molar-refractivity contribution in [2.45, 2.75) is 12.5 Å². The number of aliphatic carboxylic acids is 1. The monoisotopic (exact) mass is 306 g/mol. The van der Waals surface area contributed by atoms with Crippen molar-refractivity contribution in [2.24, 2.45) is 0 Å². The highest BCUT2D eigenvalue weighted by atomic mass is 31.2. The number of rotatable bonds is 6. The van der Waals surface area contributed by atoms with Gasteiger partial charge in [0, 0.05) is 6.07 Å². The fourth-order valence-corrected chi connectivity index (χ4v) is 2.08. The first kappa shape index (κ1) is 16.1. The molecule has 0 bridgehead atoms. The van der Waals surface area contributed by atoms with Gasteiger partial charge >= 0.3 is 19.4 Å². The summed E-state index contributed by atoms with van der Waals surface area (Å²) in [5, 5.41) is 30.3. The van der Waals surface area contributed by atoms with Crippen LogP contribution in [0.4, 0.5) is 5.69 Å². The van der Waals surface area contributed by atoms with Gasteiger partial charge in [-0.15, -0.1) is 0 Å². The highest BCUT2D eigenvalue weighted by Gasteiger charge is 2.27. The first-order valence-electron chi connectivity index (χ1n) is 5.12. The number of carbonyl (C=O) groups is 1. The number of hydrogen-bond acceptors (Lipinski definition) is 5. The van der Waals surface area contributed by atoms with E-state index >= 15 is 0 Å². The smallest absolute Gasteiger partial charge is 0.401 e. The number of hydrogen-bond donors (Lipinski definition) is 5. The molecule has 0 fully saturated rings. The zero-order valence-corrected chi connectivity index (χ0v) is 10.7. The number of nitro benzene ring substituents is 1. The lowest BCUT2D eigenvalue weighted by Crippen LogP contribution is -2.36. The minimum atomic E-state index is -4.77. The highest BCUT2D eigenvalue weighted by Crippen LogP contribution is 2.31. The van der Waals surface area contributed by atoms with Crippen molar-refractivity contribution in [3.8, 4) is 5.75 Å². The molecule has 0 saturated carbocycles. The Labute approximate surface area is 112 Å². The zero-order valence-electron chi connectivity index (χ0n) is 9.83. The Bertz CT molecular complexity index is 583. The molecule has 0 saturated heterocycles. The van der Waals surface area contributed by atoms with Crippen LogP contribution in [0.5, 0.6) is 5.75 Å². The number of nitro groups is 1. The van der Waals surface area contributed by atoms with Gasteiger partial charge < -0.3 is 20.0 Å². The first-order valence-corrected chi connectivity index (χ1v) is 6.74. The minimum Gasteiger partial charge on any atom is -0.502 e. The summed E-state index contributed by atoms with van der Waals surface area (Å²) < 4.78 is 10.7. The number of carboxylic acids is 1. The standard InChI is InChI=1S/C9H11N2O8P/c12-8-2-1-5(4-7(8)11(15)16)3-6(9(13)14)10-20(17,18)19/h1-2,4,6,12H,3H2,(H,13,14)(H3,10,17,18,19)/t6-/m0/s1. The summed E-state index contributed by atoms with van der Waals surface area (Å²) in [6, 6.07) is 1.54. The molecule has 0 spiro atoms. The summed E-state index contributed by atoms with van der Waals surface area (Å²) in [5.74, 6) is -2.11. The van der Waals surface area contributed by atoms with Crippen LogP contribution >= 0.6 is 7.75 Å². The lowest BCUT2D eigenvalue weighted by Gasteiger charge is -2.15. The molecule has 110 valence electrons. The molecule has 5 N–H and O–H groups in total. The van der Waals surface area contributed by atoms with Crippen LogP contribution < -0.4 is 5.09 Å². The van der Waals surface area contributed by atoms with Crippen molar-refractivity contribution in [3.63, 3.8) is 0 Å². The van der Waals surface area contributed by atoms with E-state index in [1.165, 1.54) is 6.07 Å². The van der Waals surface area contributed by atoms with E-state index in [0.29, 0.717) is 0 Å². The summed E-state index contributed by atoms with van der Waals surface area (Å²) >= 11 is 0. The number of aromatic hydroxyl groups is 1. The summed E-state index contributed by atoms with van der Waals surface area (Å²) in [7, 11) is -4.77. The van der Waals surface area contributed by atoms with E-state index in [9.17, 15) is 24.6 Å². The molecule has 11 heteroatoms. The molecular weight excluding hydrogens is 295 g/mol. The topological polar surface area (TPSA) is 170 Å². The van der Waals surface area contributed by atoms with Crippen molar-refractivity contribution in [2.75, 3.05) is 0 Å². The number of phenolic OH excluding ortho intramolecular Hbond substituents is 1. The molecule has 1 aromatic carbocycles. The first-order chi connectivity index (χ1) is 9.10. The third kappa shape index (κ3) is 4.59. The molecule has 0 aliphatic rings. The molecular formula is C9H11N2O8P. The molecule has 0 aliphatic heterocycles. The molecule has 10 nitrogen and oxygen atoms in total. The van der Waals surface area contributed by atoms with Crippen LogP contribution in [0.3, 0.4) is 0 Å². The largest absolute Gasteiger partial charge is 0.502 e. The normalized spacial score (nSPS) is 12.9. The minimum absolute atomic E-state index is 0.128. The fraction of sp³-hybridized carbons (Fsp3) is 0.222. The van der Waals surface area contributed by atoms with Crippen molar-refractivity contribution in [3.05, 3.63) is 33.9 Å².